The molecule has 0 bridgehead atoms. The fourth-order valence-corrected chi connectivity index (χ4v) is 3.81. The summed E-state index contributed by atoms with van der Waals surface area (Å²) < 4.78 is 0. The molecule has 2 atom stereocenters. The van der Waals surface area contributed by atoms with Gasteiger partial charge in [0.25, 0.3) is 0 Å². The van der Waals surface area contributed by atoms with Crippen molar-refractivity contribution in [3.63, 3.8) is 0 Å². The van der Waals surface area contributed by atoms with Gasteiger partial charge in [0.05, 0.1) is 0 Å². The minimum absolute atomic E-state index is 0.248. The van der Waals surface area contributed by atoms with Gasteiger partial charge in [0.2, 0.25) is 0 Å². The zero-order valence-electron chi connectivity index (χ0n) is 12.9. The quantitative estimate of drug-likeness (QED) is 0.814. The fraction of sp³-hybridized carbons (Fsp3) is 0.938. The summed E-state index contributed by atoms with van der Waals surface area (Å²) in [5.41, 5.74) is 5.51. The molecule has 4 nitrogen and oxygen atoms in total. The summed E-state index contributed by atoms with van der Waals surface area (Å²) in [7, 11) is 0. The van der Waals surface area contributed by atoms with E-state index in [1.54, 1.807) is 0 Å². The van der Waals surface area contributed by atoms with E-state index < -0.39 is 0 Å². The zero-order chi connectivity index (χ0) is 14.4. The molecule has 2 rings (SSSR count). The second-order valence-corrected chi connectivity index (χ2v) is 6.69. The first-order valence-electron chi connectivity index (χ1n) is 8.49. The Balaban J connectivity index is 1.86. The third-order valence-electron chi connectivity index (χ3n) is 4.89. The molecule has 116 valence electrons. The van der Waals surface area contributed by atoms with Gasteiger partial charge in [-0.05, 0) is 31.6 Å². The predicted molar refractivity (Wildman–Crippen MR) is 82.6 cm³/mol. The molecular formula is C16H31N3O. The van der Waals surface area contributed by atoms with Crippen LogP contribution in [-0.2, 0) is 0 Å². The minimum atomic E-state index is -0.248. The molecule has 4 heteroatoms. The second-order valence-electron chi connectivity index (χ2n) is 6.69. The van der Waals surface area contributed by atoms with E-state index in [1.165, 1.54) is 57.8 Å². The zero-order valence-corrected chi connectivity index (χ0v) is 12.9. The Morgan fingerprint density at radius 2 is 1.95 bits per heavy atom. The van der Waals surface area contributed by atoms with Crippen molar-refractivity contribution < 1.29 is 4.79 Å². The van der Waals surface area contributed by atoms with Crippen LogP contribution in [0.1, 0.15) is 64.7 Å². The number of likely N-dealkylation sites (tertiary alicyclic amines) is 1. The number of unbranched alkanes of at least 4 members (excludes halogenated alkanes) is 1. The molecule has 1 heterocycles. The first-order chi connectivity index (χ1) is 9.69. The van der Waals surface area contributed by atoms with Gasteiger partial charge < -0.3 is 16.0 Å². The number of piperidine rings is 1. The van der Waals surface area contributed by atoms with Gasteiger partial charge in [-0.1, -0.05) is 39.0 Å². The summed E-state index contributed by atoms with van der Waals surface area (Å²) in [5, 5.41) is 3.80. The minimum Gasteiger partial charge on any atom is -0.351 e. The molecule has 20 heavy (non-hydrogen) atoms. The van der Waals surface area contributed by atoms with Crippen LogP contribution in [-0.4, -0.2) is 36.1 Å². The maximum absolute atomic E-state index is 11.5. The Kier molecular flexibility index (Phi) is 6.14. The Morgan fingerprint density at radius 3 is 2.60 bits per heavy atom. The summed E-state index contributed by atoms with van der Waals surface area (Å²) >= 11 is 0. The Labute approximate surface area is 123 Å². The van der Waals surface area contributed by atoms with Crippen LogP contribution in [0.15, 0.2) is 0 Å². The van der Waals surface area contributed by atoms with Gasteiger partial charge in [-0.3, -0.25) is 0 Å². The van der Waals surface area contributed by atoms with Crippen LogP contribution in [0.3, 0.4) is 0 Å². The van der Waals surface area contributed by atoms with Crippen molar-refractivity contribution in [1.82, 2.24) is 10.2 Å². The van der Waals surface area contributed by atoms with Crippen LogP contribution in [0.2, 0.25) is 0 Å². The Morgan fingerprint density at radius 1 is 1.20 bits per heavy atom. The Hall–Kier alpha value is -0.770. The van der Waals surface area contributed by atoms with Gasteiger partial charge in [-0.15, -0.1) is 0 Å². The number of hydrogen-bond acceptors (Lipinski definition) is 2. The van der Waals surface area contributed by atoms with Crippen LogP contribution in [0.5, 0.6) is 0 Å². The first kappa shape index (κ1) is 15.6. The number of carbonyl (C=O) groups excluding carboxylic acids is 1. The predicted octanol–water partition coefficient (Wildman–Crippen LogP) is 2.87. The molecule has 1 aliphatic carbocycles. The van der Waals surface area contributed by atoms with Crippen LogP contribution in [0, 0.1) is 5.92 Å². The largest absolute Gasteiger partial charge is 0.351 e. The lowest BCUT2D eigenvalue weighted by molar-refractivity contribution is 0.139. The highest BCUT2D eigenvalue weighted by molar-refractivity contribution is 5.72. The van der Waals surface area contributed by atoms with E-state index in [0.717, 1.165) is 13.1 Å². The number of nitrogens with two attached hydrogens (primary N) is 1. The number of nitrogens with one attached hydrogen (secondary N) is 1. The number of carbonyl (C=O) groups is 1. The van der Waals surface area contributed by atoms with Crippen LogP contribution in [0.4, 0.5) is 4.79 Å². The van der Waals surface area contributed by atoms with Crippen molar-refractivity contribution in [2.45, 2.75) is 76.8 Å². The molecule has 0 aromatic heterocycles. The average molecular weight is 281 g/mol. The molecule has 1 saturated heterocycles. The van der Waals surface area contributed by atoms with Crippen molar-refractivity contribution in [3.8, 4) is 0 Å². The Bertz CT molecular complexity index is 302. The molecule has 3 N–H and O–H groups in total. The van der Waals surface area contributed by atoms with E-state index in [-0.39, 0.29) is 6.03 Å². The smallest absolute Gasteiger partial charge is 0.314 e. The van der Waals surface area contributed by atoms with Gasteiger partial charge in [0, 0.05) is 25.2 Å². The van der Waals surface area contributed by atoms with E-state index in [2.05, 4.69) is 12.2 Å². The summed E-state index contributed by atoms with van der Waals surface area (Å²) in [5.74, 6) is 0.622. The molecule has 1 aliphatic heterocycles. The van der Waals surface area contributed by atoms with E-state index in [1.807, 2.05) is 4.90 Å². The lowest BCUT2D eigenvalue weighted by Crippen LogP contribution is -2.54. The second kappa shape index (κ2) is 7.87. The molecular weight excluding hydrogens is 250 g/mol. The first-order valence-corrected chi connectivity index (χ1v) is 8.49. The van der Waals surface area contributed by atoms with Crippen molar-refractivity contribution in [3.05, 3.63) is 0 Å². The summed E-state index contributed by atoms with van der Waals surface area (Å²) in [4.78, 5) is 13.4. The molecule has 1 saturated carbocycles. The van der Waals surface area contributed by atoms with Crippen LogP contribution < -0.4 is 11.1 Å². The maximum Gasteiger partial charge on any atom is 0.314 e. The van der Waals surface area contributed by atoms with E-state index in [0.29, 0.717) is 18.0 Å². The van der Waals surface area contributed by atoms with E-state index in [9.17, 15) is 4.79 Å². The van der Waals surface area contributed by atoms with Gasteiger partial charge in [-0.25, -0.2) is 4.79 Å². The monoisotopic (exact) mass is 281 g/mol. The number of amides is 2. The molecule has 0 radical (unpaired) electrons. The van der Waals surface area contributed by atoms with Crippen LogP contribution >= 0.6 is 0 Å². The molecule has 0 spiro atoms. The highest BCUT2D eigenvalue weighted by Crippen LogP contribution is 2.24. The number of hydrogen-bond donors (Lipinski definition) is 2. The van der Waals surface area contributed by atoms with E-state index in [4.69, 9.17) is 5.73 Å². The van der Waals surface area contributed by atoms with Crippen molar-refractivity contribution in [2.75, 3.05) is 13.1 Å². The number of rotatable bonds is 5. The molecule has 0 aromatic carbocycles. The van der Waals surface area contributed by atoms with Crippen molar-refractivity contribution in [1.29, 1.82) is 0 Å². The highest BCUT2D eigenvalue weighted by atomic mass is 16.2. The molecule has 2 amide bonds. The van der Waals surface area contributed by atoms with E-state index >= 15 is 0 Å². The normalized spacial score (nSPS) is 28.6. The summed E-state index contributed by atoms with van der Waals surface area (Å²) in [6.45, 7) is 3.89. The lowest BCUT2D eigenvalue weighted by atomic mass is 9.88. The van der Waals surface area contributed by atoms with Gasteiger partial charge in [0.1, 0.15) is 0 Å². The average Bonchev–Trinajstić information content (AvgIpc) is 2.46. The number of nitrogens with zero attached hydrogens (tertiary/aromatic N) is 1. The van der Waals surface area contributed by atoms with Crippen molar-refractivity contribution in [2.24, 2.45) is 11.7 Å². The highest BCUT2D eigenvalue weighted by Gasteiger charge is 2.30. The topological polar surface area (TPSA) is 58.4 Å². The van der Waals surface area contributed by atoms with Gasteiger partial charge in [0.15, 0.2) is 0 Å². The number of urea groups is 1. The lowest BCUT2D eigenvalue weighted by Gasteiger charge is -2.39. The third-order valence-corrected chi connectivity index (χ3v) is 4.89. The summed E-state index contributed by atoms with van der Waals surface area (Å²) in [6.07, 6.45) is 11.6. The molecule has 0 aromatic rings. The molecule has 2 unspecified atom stereocenters. The summed E-state index contributed by atoms with van der Waals surface area (Å²) in [6, 6.07) is 0.858. The van der Waals surface area contributed by atoms with Gasteiger partial charge in [-0.2, -0.15) is 0 Å². The van der Waals surface area contributed by atoms with Crippen LogP contribution in [0.25, 0.3) is 0 Å². The standard InChI is InChI=1S/C16H31N3O/c1-2-3-7-13-10-15(12-19(11-13)16(17)20)18-14-8-5-4-6-9-14/h13-15,18H,2-12H2,1H3,(H2,17,20). The molecule has 2 fully saturated rings. The SMILES string of the molecule is CCCCC1CC(NC2CCCCC2)CN(C(N)=O)C1. The maximum atomic E-state index is 11.5. The fourth-order valence-electron chi connectivity index (χ4n) is 3.81. The van der Waals surface area contributed by atoms with Crippen molar-refractivity contribution >= 4 is 6.03 Å². The number of primary amides is 1. The molecule has 2 aliphatic rings. The third kappa shape index (κ3) is 4.65. The van der Waals surface area contributed by atoms with Gasteiger partial charge >= 0.3 is 6.03 Å².